The predicted octanol–water partition coefficient (Wildman–Crippen LogP) is 7.56. The highest BCUT2D eigenvalue weighted by molar-refractivity contribution is 6.18. The Hall–Kier alpha value is -4.54. The molecule has 15 nitrogen and oxygen atoms in total. The standard InChI is InChI=1S/C46H60ClN3O12/c1-3-21-59-46-40(50(45(54)56-23-18-47)28-30-14-16-38-39(24-30)58-29-57-38)27-36(49-62-41-13-7-10-22-55-41)34-25-31(11-5-8-19-51)33(12-6-9-20-52)42(43(34)46)35-26-32(15-17-37(35)61-46)60-44(53)48-4-2/h3,14-17,24-26,31,33,40-43,51-52H,1,4-13,18-23,27-29H2,2H3,(H,48,53)/t31-,33+,40-,41?,42+,43+,46+/m0/s1. The minimum atomic E-state index is -1.55. The Balaban J connectivity index is 1.44. The van der Waals surface area contributed by atoms with Gasteiger partial charge in [0, 0.05) is 50.6 Å². The lowest BCUT2D eigenvalue weighted by Gasteiger charge is -2.59. The number of benzene rings is 2. The van der Waals surface area contributed by atoms with E-state index >= 15 is 0 Å². The smallest absolute Gasteiger partial charge is 0.412 e. The molecule has 3 aliphatic heterocycles. The van der Waals surface area contributed by atoms with E-state index in [0.717, 1.165) is 55.2 Å². The highest BCUT2D eigenvalue weighted by Crippen LogP contribution is 2.62. The molecule has 338 valence electrons. The number of carbonyl (C=O) groups excluding carboxylic acids is 2. The first-order valence-electron chi connectivity index (χ1n) is 22.0. The van der Waals surface area contributed by atoms with Gasteiger partial charge in [0.2, 0.25) is 18.9 Å². The second kappa shape index (κ2) is 21.7. The zero-order valence-electron chi connectivity index (χ0n) is 35.5. The van der Waals surface area contributed by atoms with E-state index in [1.807, 2.05) is 31.2 Å². The van der Waals surface area contributed by atoms with Crippen molar-refractivity contribution in [2.45, 2.75) is 102 Å². The van der Waals surface area contributed by atoms with Crippen molar-refractivity contribution in [1.82, 2.24) is 10.2 Å². The molecule has 62 heavy (non-hydrogen) atoms. The van der Waals surface area contributed by atoms with Gasteiger partial charge in [-0.3, -0.25) is 4.90 Å². The molecule has 5 aliphatic rings. The topological polar surface area (TPSA) is 176 Å². The number of nitrogens with zero attached hydrogens (tertiary/aromatic N) is 2. The number of oxime groups is 1. The van der Waals surface area contributed by atoms with Crippen LogP contribution in [0.1, 0.15) is 88.2 Å². The van der Waals surface area contributed by atoms with Crippen LogP contribution in [0, 0.1) is 17.8 Å². The van der Waals surface area contributed by atoms with Crippen molar-refractivity contribution >= 4 is 29.5 Å². The van der Waals surface area contributed by atoms with Crippen LogP contribution in [-0.4, -0.2) is 103 Å². The Labute approximate surface area is 368 Å². The molecule has 7 rings (SSSR count). The van der Waals surface area contributed by atoms with Crippen LogP contribution in [0.25, 0.3) is 0 Å². The number of rotatable bonds is 20. The summed E-state index contributed by atoms with van der Waals surface area (Å²) in [6, 6.07) is 10.0. The van der Waals surface area contributed by atoms with E-state index in [4.69, 9.17) is 54.8 Å². The van der Waals surface area contributed by atoms with E-state index in [2.05, 4.69) is 18.0 Å². The average molecular weight is 882 g/mol. The summed E-state index contributed by atoms with van der Waals surface area (Å²) in [6.07, 6.45) is 9.14. The number of hydrogen-bond acceptors (Lipinski definition) is 13. The minimum absolute atomic E-state index is 0.00128. The van der Waals surface area contributed by atoms with E-state index in [-0.39, 0.29) is 69.8 Å². The fraction of sp³-hybridized carbons (Fsp3) is 0.587. The largest absolute Gasteiger partial charge is 0.459 e. The lowest BCUT2D eigenvalue weighted by Crippen LogP contribution is -2.70. The van der Waals surface area contributed by atoms with Gasteiger partial charge in [-0.2, -0.15) is 0 Å². The molecule has 3 N–H and O–H groups in total. The van der Waals surface area contributed by atoms with Gasteiger partial charge in [-0.25, -0.2) is 9.59 Å². The zero-order valence-corrected chi connectivity index (χ0v) is 36.2. The Morgan fingerprint density at radius 1 is 1.05 bits per heavy atom. The Morgan fingerprint density at radius 2 is 1.85 bits per heavy atom. The number of hydrogen-bond donors (Lipinski definition) is 3. The number of carbonyl (C=O) groups is 2. The molecule has 0 radical (unpaired) electrons. The van der Waals surface area contributed by atoms with Gasteiger partial charge in [-0.05, 0) is 98.8 Å². The number of nitrogens with one attached hydrogen (secondary N) is 1. The molecule has 0 bridgehead atoms. The van der Waals surface area contributed by atoms with Crippen LogP contribution in [0.4, 0.5) is 9.59 Å². The number of allylic oxidation sites excluding steroid dienone is 1. The number of ether oxygens (including phenoxy) is 7. The average Bonchev–Trinajstić information content (AvgIpc) is 3.76. The number of halogens is 1. The van der Waals surface area contributed by atoms with Gasteiger partial charge in [0.1, 0.15) is 24.1 Å². The third-order valence-electron chi connectivity index (χ3n) is 12.3. The van der Waals surface area contributed by atoms with E-state index < -0.39 is 36.2 Å². The van der Waals surface area contributed by atoms with E-state index in [1.54, 1.807) is 23.1 Å². The summed E-state index contributed by atoms with van der Waals surface area (Å²) in [5.41, 5.74) is 3.03. The third-order valence-corrected chi connectivity index (χ3v) is 12.5. The van der Waals surface area contributed by atoms with Gasteiger partial charge in [0.15, 0.2) is 11.5 Å². The van der Waals surface area contributed by atoms with Crippen LogP contribution < -0.4 is 24.3 Å². The number of aliphatic hydroxyl groups is 2. The highest BCUT2D eigenvalue weighted by atomic mass is 35.5. The van der Waals surface area contributed by atoms with Gasteiger partial charge >= 0.3 is 12.2 Å². The Bertz CT molecular complexity index is 1920. The van der Waals surface area contributed by atoms with Gasteiger partial charge in [-0.1, -0.05) is 36.2 Å². The number of alkyl halides is 1. The van der Waals surface area contributed by atoms with Crippen LogP contribution in [0.2, 0.25) is 0 Å². The summed E-state index contributed by atoms with van der Waals surface area (Å²) >= 11 is 6.11. The predicted molar refractivity (Wildman–Crippen MR) is 230 cm³/mol. The van der Waals surface area contributed by atoms with Crippen molar-refractivity contribution < 1.29 is 57.8 Å². The molecule has 0 aromatic heterocycles. The van der Waals surface area contributed by atoms with Gasteiger partial charge in [0.05, 0.1) is 30.7 Å². The fourth-order valence-electron chi connectivity index (χ4n) is 9.66. The second-order valence-electron chi connectivity index (χ2n) is 16.2. The maximum Gasteiger partial charge on any atom is 0.412 e. The maximum absolute atomic E-state index is 14.6. The van der Waals surface area contributed by atoms with Gasteiger partial charge < -0.3 is 53.5 Å². The molecule has 1 saturated heterocycles. The van der Waals surface area contributed by atoms with Crippen LogP contribution in [-0.2, 0) is 25.6 Å². The van der Waals surface area contributed by atoms with Gasteiger partial charge in [-0.15, -0.1) is 18.2 Å². The number of amides is 2. The molecule has 2 fully saturated rings. The van der Waals surface area contributed by atoms with Crippen molar-refractivity contribution in [2.24, 2.45) is 22.9 Å². The third kappa shape index (κ3) is 10.1. The van der Waals surface area contributed by atoms with Crippen molar-refractivity contribution in [3.63, 3.8) is 0 Å². The van der Waals surface area contributed by atoms with Gasteiger partial charge in [0.25, 0.3) is 0 Å². The molecule has 1 unspecified atom stereocenters. The van der Waals surface area contributed by atoms with E-state index in [1.165, 1.54) is 0 Å². The monoisotopic (exact) mass is 881 g/mol. The van der Waals surface area contributed by atoms with Crippen LogP contribution >= 0.6 is 11.6 Å². The fourth-order valence-corrected chi connectivity index (χ4v) is 9.74. The van der Waals surface area contributed by atoms with Crippen molar-refractivity contribution in [2.75, 3.05) is 52.3 Å². The van der Waals surface area contributed by atoms with Crippen LogP contribution in [0.5, 0.6) is 23.0 Å². The first-order chi connectivity index (χ1) is 30.3. The molecular formula is C46H60ClN3O12. The van der Waals surface area contributed by atoms with Crippen molar-refractivity contribution in [3.05, 3.63) is 71.8 Å². The first-order valence-corrected chi connectivity index (χ1v) is 22.6. The molecule has 0 spiro atoms. The maximum atomic E-state index is 14.6. The van der Waals surface area contributed by atoms with E-state index in [0.29, 0.717) is 61.1 Å². The molecule has 2 aromatic rings. The molecule has 2 aromatic carbocycles. The summed E-state index contributed by atoms with van der Waals surface area (Å²) in [5.74, 6) is -0.442. The SMILES string of the molecule is C=CCO[C@@]12Oc3ccc(OC(=O)NCC)cc3[C@H]3[C@H](CCCCO)[C@@H](CCCCO)C=C(C(=NOC4CCCCO4)C[C@@H]1N(Cc1ccc4c(c1)OCO4)C(=O)OCCCl)[C@H]32. The molecule has 16 heteroatoms. The molecule has 1 saturated carbocycles. The number of fused-ring (bicyclic) bond motifs is 3. The van der Waals surface area contributed by atoms with Crippen LogP contribution in [0.3, 0.4) is 0 Å². The van der Waals surface area contributed by atoms with Crippen molar-refractivity contribution in [3.8, 4) is 23.0 Å². The second-order valence-corrected chi connectivity index (χ2v) is 16.6. The quantitative estimate of drug-likeness (QED) is 0.0516. The summed E-state index contributed by atoms with van der Waals surface area (Å²) in [5, 5.41) is 27.5. The zero-order chi connectivity index (χ0) is 43.5. The molecule has 7 atom stereocenters. The number of aliphatic hydroxyl groups excluding tert-OH is 2. The summed E-state index contributed by atoms with van der Waals surface area (Å²) in [6.45, 7) is 7.10. The Morgan fingerprint density at radius 3 is 2.61 bits per heavy atom. The lowest BCUT2D eigenvalue weighted by molar-refractivity contribution is -0.256. The molecule has 3 heterocycles. The lowest BCUT2D eigenvalue weighted by atomic mass is 9.55. The summed E-state index contributed by atoms with van der Waals surface area (Å²) in [7, 11) is 0. The highest BCUT2D eigenvalue weighted by Gasteiger charge is 2.66. The normalized spacial score (nSPS) is 26.3. The molecular weight excluding hydrogens is 822 g/mol. The summed E-state index contributed by atoms with van der Waals surface area (Å²) < 4.78 is 43.3. The summed E-state index contributed by atoms with van der Waals surface area (Å²) in [4.78, 5) is 35.3. The molecule has 2 amide bonds. The molecule has 2 aliphatic carbocycles. The van der Waals surface area contributed by atoms with E-state index in [9.17, 15) is 19.8 Å². The Kier molecular flexibility index (Phi) is 15.9. The van der Waals surface area contributed by atoms with Crippen molar-refractivity contribution in [1.29, 1.82) is 0 Å². The van der Waals surface area contributed by atoms with Crippen LogP contribution in [0.15, 0.2) is 65.9 Å². The number of unbranched alkanes of at least 4 members (excludes halogenated alkanes) is 2. The first kappa shape index (κ1) is 45.5. The minimum Gasteiger partial charge on any atom is -0.459 e.